The van der Waals surface area contributed by atoms with Crippen LogP contribution in [0.5, 0.6) is 11.5 Å². The maximum absolute atomic E-state index is 13.4. The van der Waals surface area contributed by atoms with Crippen molar-refractivity contribution in [2.45, 2.75) is 11.4 Å². The molecule has 0 aliphatic heterocycles. The zero-order valence-corrected chi connectivity index (χ0v) is 19.5. The van der Waals surface area contributed by atoms with Crippen molar-refractivity contribution in [3.63, 3.8) is 0 Å². The lowest BCUT2D eigenvalue weighted by molar-refractivity contribution is -0.116. The molecule has 0 saturated carbocycles. The Morgan fingerprint density at radius 1 is 0.800 bits per heavy atom. The number of hydrogen-bond donors (Lipinski definition) is 1. The Labute approximate surface area is 203 Å². The van der Waals surface area contributed by atoms with Crippen molar-refractivity contribution in [1.29, 1.82) is 0 Å². The van der Waals surface area contributed by atoms with Gasteiger partial charge in [-0.1, -0.05) is 60.7 Å². The normalized spacial score (nSPS) is 11.3. The van der Waals surface area contributed by atoms with E-state index >= 15 is 0 Å². The van der Waals surface area contributed by atoms with Crippen molar-refractivity contribution in [3.8, 4) is 11.5 Å². The van der Waals surface area contributed by atoms with Crippen LogP contribution in [0.2, 0.25) is 0 Å². The second kappa shape index (κ2) is 10.9. The summed E-state index contributed by atoms with van der Waals surface area (Å²) in [5.74, 6) is 0.0385. The van der Waals surface area contributed by atoms with Crippen LogP contribution in [-0.4, -0.2) is 25.2 Å². The molecule has 178 valence electrons. The summed E-state index contributed by atoms with van der Waals surface area (Å²) in [4.78, 5) is 13.1. The number of anilines is 1. The monoisotopic (exact) mass is 490 g/mol. The van der Waals surface area contributed by atoms with E-state index in [1.54, 1.807) is 54.6 Å². The Kier molecular flexibility index (Phi) is 7.54. The highest BCUT2D eigenvalue weighted by Gasteiger charge is 2.27. The zero-order valence-electron chi connectivity index (χ0n) is 18.7. The number of halogens is 1. The molecule has 8 heteroatoms. The molecule has 0 saturated heterocycles. The van der Waals surface area contributed by atoms with Crippen LogP contribution in [0.3, 0.4) is 0 Å². The van der Waals surface area contributed by atoms with Gasteiger partial charge in [0.25, 0.3) is 0 Å². The van der Waals surface area contributed by atoms with E-state index in [1.165, 1.54) is 36.4 Å². The molecule has 0 spiro atoms. The SMILES string of the molecule is O=C(CN(Cc1ccc(F)cc1)S(=O)(=O)c1ccccc1)Nc1ccccc1Oc1ccccc1. The summed E-state index contributed by atoms with van der Waals surface area (Å²) >= 11 is 0. The van der Waals surface area contributed by atoms with E-state index in [4.69, 9.17) is 4.74 Å². The summed E-state index contributed by atoms with van der Waals surface area (Å²) in [5, 5.41) is 2.75. The lowest BCUT2D eigenvalue weighted by Crippen LogP contribution is -2.37. The van der Waals surface area contributed by atoms with Crippen LogP contribution in [0.15, 0.2) is 114 Å². The summed E-state index contributed by atoms with van der Waals surface area (Å²) in [6.45, 7) is -0.554. The van der Waals surface area contributed by atoms with E-state index in [0.29, 0.717) is 22.7 Å². The Morgan fingerprint density at radius 3 is 2.09 bits per heavy atom. The van der Waals surface area contributed by atoms with Gasteiger partial charge in [-0.3, -0.25) is 4.79 Å². The van der Waals surface area contributed by atoms with Gasteiger partial charge in [0.1, 0.15) is 11.6 Å². The summed E-state index contributed by atoms with van der Waals surface area (Å²) in [5.41, 5.74) is 0.951. The fraction of sp³-hybridized carbons (Fsp3) is 0.0741. The molecule has 1 amide bonds. The van der Waals surface area contributed by atoms with Crippen molar-refractivity contribution in [3.05, 3.63) is 121 Å². The molecule has 0 aliphatic carbocycles. The standard InChI is InChI=1S/C27H23FN2O4S/c28-22-17-15-21(16-18-22)19-30(35(32,33)24-11-5-2-6-12-24)20-27(31)29-25-13-7-8-14-26(25)34-23-9-3-1-4-10-23/h1-18H,19-20H2,(H,29,31). The number of ether oxygens (including phenoxy) is 1. The second-order valence-electron chi connectivity index (χ2n) is 7.67. The minimum absolute atomic E-state index is 0.0581. The van der Waals surface area contributed by atoms with E-state index in [1.807, 2.05) is 18.2 Å². The topological polar surface area (TPSA) is 75.7 Å². The average molecular weight is 491 g/mol. The number of hydrogen-bond acceptors (Lipinski definition) is 4. The summed E-state index contributed by atoms with van der Waals surface area (Å²) in [7, 11) is -4.01. The largest absolute Gasteiger partial charge is 0.455 e. The summed E-state index contributed by atoms with van der Waals surface area (Å²) in [6, 6.07) is 29.3. The van der Waals surface area contributed by atoms with Gasteiger partial charge >= 0.3 is 0 Å². The number of rotatable bonds is 9. The van der Waals surface area contributed by atoms with Gasteiger partial charge in [0.05, 0.1) is 17.1 Å². The first-order valence-corrected chi connectivity index (χ1v) is 12.3. The fourth-order valence-corrected chi connectivity index (χ4v) is 4.79. The van der Waals surface area contributed by atoms with Crippen molar-refractivity contribution in [2.24, 2.45) is 0 Å². The van der Waals surface area contributed by atoms with Crippen molar-refractivity contribution < 1.29 is 22.3 Å². The molecular formula is C27H23FN2O4S. The minimum Gasteiger partial charge on any atom is -0.455 e. The van der Waals surface area contributed by atoms with Crippen LogP contribution in [0.25, 0.3) is 0 Å². The Bertz CT molecular complexity index is 1380. The molecule has 4 aromatic carbocycles. The Balaban J connectivity index is 1.56. The lowest BCUT2D eigenvalue weighted by Gasteiger charge is -2.22. The predicted molar refractivity (Wildman–Crippen MR) is 132 cm³/mol. The lowest BCUT2D eigenvalue weighted by atomic mass is 10.2. The van der Waals surface area contributed by atoms with Crippen LogP contribution in [0, 0.1) is 5.82 Å². The molecule has 0 radical (unpaired) electrons. The molecule has 4 rings (SSSR count). The van der Waals surface area contributed by atoms with Gasteiger partial charge in [-0.25, -0.2) is 12.8 Å². The maximum Gasteiger partial charge on any atom is 0.243 e. The first kappa shape index (κ1) is 24.1. The first-order valence-electron chi connectivity index (χ1n) is 10.8. The van der Waals surface area contributed by atoms with Crippen LogP contribution in [0.4, 0.5) is 10.1 Å². The summed E-state index contributed by atoms with van der Waals surface area (Å²) in [6.07, 6.45) is 0. The van der Waals surface area contributed by atoms with Crippen molar-refractivity contribution in [1.82, 2.24) is 4.31 Å². The quantitative estimate of drug-likeness (QED) is 0.339. The third kappa shape index (κ3) is 6.32. The molecule has 35 heavy (non-hydrogen) atoms. The van der Waals surface area contributed by atoms with E-state index < -0.39 is 28.3 Å². The Hall–Kier alpha value is -4.01. The number of carbonyl (C=O) groups is 1. The average Bonchev–Trinajstić information content (AvgIpc) is 2.87. The highest BCUT2D eigenvalue weighted by atomic mass is 32.2. The number of benzene rings is 4. The Morgan fingerprint density at radius 2 is 1.40 bits per heavy atom. The van der Waals surface area contributed by atoms with E-state index in [0.717, 1.165) is 4.31 Å². The molecule has 0 bridgehead atoms. The van der Waals surface area contributed by atoms with E-state index in [9.17, 15) is 17.6 Å². The molecule has 0 fully saturated rings. The van der Waals surface area contributed by atoms with Gasteiger partial charge in [-0.05, 0) is 54.1 Å². The van der Waals surface area contributed by atoms with Crippen molar-refractivity contribution >= 4 is 21.6 Å². The second-order valence-corrected chi connectivity index (χ2v) is 9.61. The molecule has 0 aliphatic rings. The molecule has 1 N–H and O–H groups in total. The number of nitrogens with zero attached hydrogens (tertiary/aromatic N) is 1. The van der Waals surface area contributed by atoms with Crippen LogP contribution >= 0.6 is 0 Å². The third-order valence-electron chi connectivity index (χ3n) is 5.11. The molecular weight excluding hydrogens is 467 g/mol. The molecule has 0 unspecified atom stereocenters. The molecule has 6 nitrogen and oxygen atoms in total. The highest BCUT2D eigenvalue weighted by molar-refractivity contribution is 7.89. The third-order valence-corrected chi connectivity index (χ3v) is 6.91. The highest BCUT2D eigenvalue weighted by Crippen LogP contribution is 2.29. The smallest absolute Gasteiger partial charge is 0.243 e. The van der Waals surface area contributed by atoms with Gasteiger partial charge in [-0.2, -0.15) is 4.31 Å². The zero-order chi connectivity index (χ0) is 24.7. The summed E-state index contributed by atoms with van der Waals surface area (Å²) < 4.78 is 47.0. The fourth-order valence-electron chi connectivity index (χ4n) is 3.39. The number of carbonyl (C=O) groups excluding carboxylic acids is 1. The van der Waals surface area contributed by atoms with Gasteiger partial charge in [-0.15, -0.1) is 0 Å². The van der Waals surface area contributed by atoms with Gasteiger partial charge < -0.3 is 10.1 Å². The maximum atomic E-state index is 13.4. The molecule has 0 heterocycles. The number of sulfonamides is 1. The van der Waals surface area contributed by atoms with Gasteiger partial charge in [0.2, 0.25) is 15.9 Å². The first-order chi connectivity index (χ1) is 16.9. The van der Waals surface area contributed by atoms with E-state index in [-0.39, 0.29) is 11.4 Å². The van der Waals surface area contributed by atoms with Gasteiger partial charge in [0, 0.05) is 6.54 Å². The minimum atomic E-state index is -4.01. The predicted octanol–water partition coefficient (Wildman–Crippen LogP) is 5.45. The number of amides is 1. The van der Waals surface area contributed by atoms with Crippen LogP contribution < -0.4 is 10.1 Å². The van der Waals surface area contributed by atoms with Crippen LogP contribution in [0.1, 0.15) is 5.56 Å². The number of nitrogens with one attached hydrogen (secondary N) is 1. The molecule has 0 aromatic heterocycles. The molecule has 0 atom stereocenters. The molecule has 4 aromatic rings. The van der Waals surface area contributed by atoms with E-state index in [2.05, 4.69) is 5.32 Å². The van der Waals surface area contributed by atoms with Crippen LogP contribution in [-0.2, 0) is 21.4 Å². The number of para-hydroxylation sites is 3. The van der Waals surface area contributed by atoms with Gasteiger partial charge in [0.15, 0.2) is 5.75 Å². The van der Waals surface area contributed by atoms with Crippen molar-refractivity contribution in [2.75, 3.05) is 11.9 Å².